The van der Waals surface area contributed by atoms with Gasteiger partial charge in [-0.1, -0.05) is 50.5 Å². The summed E-state index contributed by atoms with van der Waals surface area (Å²) in [5.74, 6) is 0.771. The maximum atomic E-state index is 3.58. The van der Waals surface area contributed by atoms with E-state index >= 15 is 0 Å². The van der Waals surface area contributed by atoms with Gasteiger partial charge in [0, 0.05) is 4.83 Å². The van der Waals surface area contributed by atoms with Crippen molar-refractivity contribution in [3.05, 3.63) is 0 Å². The summed E-state index contributed by atoms with van der Waals surface area (Å²) >= 11 is 3.58. The zero-order valence-electron chi connectivity index (χ0n) is 7.74. The van der Waals surface area contributed by atoms with Gasteiger partial charge < -0.3 is 0 Å². The summed E-state index contributed by atoms with van der Waals surface area (Å²) in [6.45, 7) is 11.4. The molecule has 0 rings (SSSR count). The lowest BCUT2D eigenvalue weighted by atomic mass is 9.78. The zero-order chi connectivity index (χ0) is 8.36. The summed E-state index contributed by atoms with van der Waals surface area (Å²) in [5, 5.41) is 0. The fourth-order valence-corrected chi connectivity index (χ4v) is 1.80. The summed E-state index contributed by atoms with van der Waals surface area (Å²) in [5.41, 5.74) is 0.475. The molecule has 0 N–H and O–H groups in total. The van der Waals surface area contributed by atoms with Crippen LogP contribution < -0.4 is 0 Å². The minimum absolute atomic E-state index is 0.475. The number of rotatable bonds is 3. The summed E-state index contributed by atoms with van der Waals surface area (Å²) < 4.78 is 0. The molecule has 0 radical (unpaired) electrons. The fraction of sp³-hybridized carbons (Fsp3) is 1.00. The molecular formula is C9H19Br. The monoisotopic (exact) mass is 206 g/mol. The summed E-state index contributed by atoms with van der Waals surface area (Å²) in [6, 6.07) is 0. The van der Waals surface area contributed by atoms with Gasteiger partial charge in [-0.2, -0.15) is 0 Å². The van der Waals surface area contributed by atoms with Crippen LogP contribution in [0.1, 0.15) is 41.0 Å². The third-order valence-electron chi connectivity index (χ3n) is 2.37. The summed E-state index contributed by atoms with van der Waals surface area (Å²) in [4.78, 5) is 0.643. The van der Waals surface area contributed by atoms with Gasteiger partial charge in [-0.15, -0.1) is 0 Å². The SMILES string of the molecule is CC(Br)CC(C)(C)C(C)C. The molecule has 0 saturated heterocycles. The molecule has 0 aromatic carbocycles. The largest absolute Gasteiger partial charge is 0.0893 e. The van der Waals surface area contributed by atoms with Crippen LogP contribution in [-0.4, -0.2) is 4.83 Å². The predicted octanol–water partition coefficient (Wildman–Crippen LogP) is 3.84. The Morgan fingerprint density at radius 1 is 1.20 bits per heavy atom. The minimum Gasteiger partial charge on any atom is -0.0893 e. The molecule has 0 aromatic rings. The Labute approximate surface area is 73.5 Å². The van der Waals surface area contributed by atoms with Gasteiger partial charge in [-0.3, -0.25) is 0 Å². The van der Waals surface area contributed by atoms with Gasteiger partial charge in [-0.25, -0.2) is 0 Å². The minimum atomic E-state index is 0.475. The van der Waals surface area contributed by atoms with Crippen LogP contribution >= 0.6 is 15.9 Å². The average molecular weight is 207 g/mol. The van der Waals surface area contributed by atoms with E-state index in [4.69, 9.17) is 0 Å². The molecule has 0 heterocycles. The summed E-state index contributed by atoms with van der Waals surface area (Å²) in [6.07, 6.45) is 1.25. The maximum Gasteiger partial charge on any atom is 0.0122 e. The molecule has 0 nitrogen and oxygen atoms in total. The highest BCUT2D eigenvalue weighted by Crippen LogP contribution is 2.33. The summed E-state index contributed by atoms with van der Waals surface area (Å²) in [7, 11) is 0. The second kappa shape index (κ2) is 3.75. The third-order valence-corrected chi connectivity index (χ3v) is 2.69. The van der Waals surface area contributed by atoms with E-state index in [2.05, 4.69) is 50.5 Å². The molecule has 0 aliphatic rings. The van der Waals surface area contributed by atoms with Crippen LogP contribution in [0.5, 0.6) is 0 Å². The average Bonchev–Trinajstić information content (AvgIpc) is 1.60. The molecule has 0 aliphatic heterocycles. The van der Waals surface area contributed by atoms with Crippen molar-refractivity contribution >= 4 is 15.9 Å². The van der Waals surface area contributed by atoms with Crippen LogP contribution in [0.2, 0.25) is 0 Å². The second-order valence-corrected chi connectivity index (χ2v) is 5.69. The molecule has 0 spiro atoms. The lowest BCUT2D eigenvalue weighted by Crippen LogP contribution is -2.21. The lowest BCUT2D eigenvalue weighted by Gasteiger charge is -2.30. The standard InChI is InChI=1S/C9H19Br/c1-7(2)9(4,5)6-8(3)10/h7-8H,6H2,1-5H3. The molecule has 62 valence electrons. The molecule has 0 amide bonds. The van der Waals surface area contributed by atoms with Gasteiger partial charge in [-0.05, 0) is 17.8 Å². The molecule has 0 saturated carbocycles. The molecular weight excluding hydrogens is 188 g/mol. The van der Waals surface area contributed by atoms with E-state index in [1.165, 1.54) is 6.42 Å². The van der Waals surface area contributed by atoms with Gasteiger partial charge in [0.1, 0.15) is 0 Å². The van der Waals surface area contributed by atoms with Crippen LogP contribution in [-0.2, 0) is 0 Å². The Morgan fingerprint density at radius 3 is 1.70 bits per heavy atom. The Balaban J connectivity index is 3.87. The smallest absolute Gasteiger partial charge is 0.0122 e. The number of hydrogen-bond acceptors (Lipinski definition) is 0. The molecule has 1 unspecified atom stereocenters. The number of hydrogen-bond donors (Lipinski definition) is 0. The van der Waals surface area contributed by atoms with E-state index in [1.807, 2.05) is 0 Å². The van der Waals surface area contributed by atoms with Crippen molar-refractivity contribution in [2.45, 2.75) is 45.9 Å². The second-order valence-electron chi connectivity index (χ2n) is 4.13. The third kappa shape index (κ3) is 3.60. The van der Waals surface area contributed by atoms with Crippen molar-refractivity contribution in [1.82, 2.24) is 0 Å². The molecule has 10 heavy (non-hydrogen) atoms. The topological polar surface area (TPSA) is 0 Å². The van der Waals surface area contributed by atoms with E-state index in [1.54, 1.807) is 0 Å². The quantitative estimate of drug-likeness (QED) is 0.616. The Bertz CT molecular complexity index is 92.9. The molecule has 1 heteroatoms. The lowest BCUT2D eigenvalue weighted by molar-refractivity contribution is 0.231. The molecule has 1 atom stereocenters. The Kier molecular flexibility index (Phi) is 3.93. The van der Waals surface area contributed by atoms with E-state index in [-0.39, 0.29) is 0 Å². The highest BCUT2D eigenvalue weighted by atomic mass is 79.9. The van der Waals surface area contributed by atoms with Crippen LogP contribution in [0.15, 0.2) is 0 Å². The molecule has 0 bridgehead atoms. The first-order valence-electron chi connectivity index (χ1n) is 4.00. The van der Waals surface area contributed by atoms with Crippen LogP contribution in [0.3, 0.4) is 0 Å². The van der Waals surface area contributed by atoms with Crippen LogP contribution in [0.25, 0.3) is 0 Å². The number of alkyl halides is 1. The Morgan fingerprint density at radius 2 is 1.60 bits per heavy atom. The van der Waals surface area contributed by atoms with Crippen molar-refractivity contribution in [2.75, 3.05) is 0 Å². The highest BCUT2D eigenvalue weighted by molar-refractivity contribution is 9.09. The molecule has 0 aliphatic carbocycles. The van der Waals surface area contributed by atoms with Crippen molar-refractivity contribution in [3.63, 3.8) is 0 Å². The van der Waals surface area contributed by atoms with Crippen molar-refractivity contribution < 1.29 is 0 Å². The van der Waals surface area contributed by atoms with E-state index in [0.29, 0.717) is 10.2 Å². The predicted molar refractivity (Wildman–Crippen MR) is 51.6 cm³/mol. The highest BCUT2D eigenvalue weighted by Gasteiger charge is 2.23. The first-order chi connectivity index (χ1) is 4.36. The van der Waals surface area contributed by atoms with Gasteiger partial charge in [0.05, 0.1) is 0 Å². The molecule has 0 fully saturated rings. The first-order valence-corrected chi connectivity index (χ1v) is 4.92. The van der Waals surface area contributed by atoms with E-state index in [0.717, 1.165) is 5.92 Å². The maximum absolute atomic E-state index is 3.58. The van der Waals surface area contributed by atoms with Crippen molar-refractivity contribution in [1.29, 1.82) is 0 Å². The van der Waals surface area contributed by atoms with Crippen LogP contribution in [0, 0.1) is 11.3 Å². The number of halogens is 1. The van der Waals surface area contributed by atoms with Crippen molar-refractivity contribution in [2.24, 2.45) is 11.3 Å². The first kappa shape index (κ1) is 10.5. The Hall–Kier alpha value is 0.480. The molecule has 0 aromatic heterocycles. The van der Waals surface area contributed by atoms with E-state index in [9.17, 15) is 0 Å². The van der Waals surface area contributed by atoms with Gasteiger partial charge >= 0.3 is 0 Å². The van der Waals surface area contributed by atoms with Crippen LogP contribution in [0.4, 0.5) is 0 Å². The fourth-order valence-electron chi connectivity index (χ4n) is 0.961. The normalized spacial score (nSPS) is 15.9. The van der Waals surface area contributed by atoms with Crippen molar-refractivity contribution in [3.8, 4) is 0 Å². The van der Waals surface area contributed by atoms with Gasteiger partial charge in [0.2, 0.25) is 0 Å². The van der Waals surface area contributed by atoms with Gasteiger partial charge in [0.15, 0.2) is 0 Å². The van der Waals surface area contributed by atoms with E-state index < -0.39 is 0 Å². The van der Waals surface area contributed by atoms with Gasteiger partial charge in [0.25, 0.3) is 0 Å². The zero-order valence-corrected chi connectivity index (χ0v) is 9.33.